The lowest BCUT2D eigenvalue weighted by Crippen LogP contribution is -2.39. The molecule has 148 valence electrons. The van der Waals surface area contributed by atoms with Crippen molar-refractivity contribution in [3.63, 3.8) is 0 Å². The van der Waals surface area contributed by atoms with E-state index in [1.807, 2.05) is 36.9 Å². The molecule has 0 aliphatic rings. The molecule has 1 amide bonds. The Morgan fingerprint density at radius 3 is 2.59 bits per heavy atom. The van der Waals surface area contributed by atoms with Crippen LogP contribution >= 0.6 is 0 Å². The second-order valence-electron chi connectivity index (χ2n) is 7.53. The first-order valence-electron chi connectivity index (χ1n) is 10.0. The van der Waals surface area contributed by atoms with Crippen LogP contribution in [0.5, 0.6) is 0 Å². The van der Waals surface area contributed by atoms with Crippen LogP contribution < -0.4 is 5.32 Å². The van der Waals surface area contributed by atoms with Crippen molar-refractivity contribution in [3.05, 3.63) is 47.3 Å². The molecular formula is C22H34N4O. The van der Waals surface area contributed by atoms with Gasteiger partial charge in [-0.25, -0.2) is 4.68 Å². The predicted octanol–water partition coefficient (Wildman–Crippen LogP) is 4.01. The highest BCUT2D eigenvalue weighted by Gasteiger charge is 2.16. The van der Waals surface area contributed by atoms with E-state index in [1.165, 1.54) is 24.8 Å². The lowest BCUT2D eigenvalue weighted by molar-refractivity contribution is -0.122. The molecule has 0 saturated heterocycles. The molecule has 0 spiro atoms. The molecule has 5 heteroatoms. The molecule has 1 atom stereocenters. The van der Waals surface area contributed by atoms with Crippen LogP contribution in [0, 0.1) is 13.8 Å². The number of aryl methyl sites for hydroxylation is 1. The fourth-order valence-corrected chi connectivity index (χ4v) is 3.39. The lowest BCUT2D eigenvalue weighted by Gasteiger charge is -2.19. The van der Waals surface area contributed by atoms with Crippen molar-refractivity contribution in [1.29, 1.82) is 0 Å². The molecule has 0 aliphatic heterocycles. The molecule has 0 radical (unpaired) electrons. The Labute approximate surface area is 163 Å². The van der Waals surface area contributed by atoms with Crippen LogP contribution in [0.3, 0.4) is 0 Å². The van der Waals surface area contributed by atoms with Gasteiger partial charge in [0.2, 0.25) is 5.91 Å². The van der Waals surface area contributed by atoms with E-state index in [-0.39, 0.29) is 11.9 Å². The Bertz CT molecular complexity index is 723. The third kappa shape index (κ3) is 6.21. The highest BCUT2D eigenvalue weighted by atomic mass is 16.2. The fourth-order valence-electron chi connectivity index (χ4n) is 3.39. The molecule has 27 heavy (non-hydrogen) atoms. The van der Waals surface area contributed by atoms with Crippen molar-refractivity contribution in [1.82, 2.24) is 20.0 Å². The van der Waals surface area contributed by atoms with Crippen molar-refractivity contribution in [2.24, 2.45) is 0 Å². The maximum absolute atomic E-state index is 12.3. The Kier molecular flexibility index (Phi) is 8.04. The summed E-state index contributed by atoms with van der Waals surface area (Å²) in [6, 6.07) is 10.4. The zero-order valence-corrected chi connectivity index (χ0v) is 17.5. The number of aromatic nitrogens is 2. The van der Waals surface area contributed by atoms with E-state index in [4.69, 9.17) is 5.10 Å². The van der Waals surface area contributed by atoms with E-state index in [9.17, 15) is 4.79 Å². The Morgan fingerprint density at radius 1 is 1.22 bits per heavy atom. The van der Waals surface area contributed by atoms with Gasteiger partial charge in [0.25, 0.3) is 0 Å². The molecule has 0 saturated carbocycles. The summed E-state index contributed by atoms with van der Waals surface area (Å²) < 4.78 is 1.98. The predicted molar refractivity (Wildman–Crippen MR) is 111 cm³/mol. The van der Waals surface area contributed by atoms with Gasteiger partial charge in [0, 0.05) is 23.8 Å². The maximum atomic E-state index is 12.3. The minimum atomic E-state index is 0.0901. The number of hydrogen-bond donors (Lipinski definition) is 1. The average molecular weight is 371 g/mol. The van der Waals surface area contributed by atoms with E-state index in [0.29, 0.717) is 13.1 Å². The number of rotatable bonds is 10. The summed E-state index contributed by atoms with van der Waals surface area (Å²) in [7, 11) is 1.99. The molecule has 0 fully saturated rings. The second kappa shape index (κ2) is 10.3. The topological polar surface area (TPSA) is 50.2 Å². The quantitative estimate of drug-likeness (QED) is 0.643. The SMILES string of the molecule is CCCCCC(C)NC(=O)CN(C)Cc1c(C)nn(-c2ccccc2)c1C. The molecule has 2 aromatic rings. The summed E-state index contributed by atoms with van der Waals surface area (Å²) >= 11 is 0. The van der Waals surface area contributed by atoms with Gasteiger partial charge in [-0.2, -0.15) is 5.10 Å². The zero-order valence-electron chi connectivity index (χ0n) is 17.5. The third-order valence-corrected chi connectivity index (χ3v) is 4.93. The number of nitrogens with one attached hydrogen (secondary N) is 1. The van der Waals surface area contributed by atoms with E-state index < -0.39 is 0 Å². The standard InChI is InChI=1S/C22H34N4O/c1-6-7-9-12-17(2)23-22(27)16-25(5)15-21-18(3)24-26(19(21)4)20-13-10-8-11-14-20/h8,10-11,13-14,17H,6-7,9,12,15-16H2,1-5H3,(H,23,27). The minimum Gasteiger partial charge on any atom is -0.353 e. The fraction of sp³-hybridized carbons (Fsp3) is 0.545. The Hall–Kier alpha value is -2.14. The van der Waals surface area contributed by atoms with Gasteiger partial charge in [-0.05, 0) is 46.4 Å². The summed E-state index contributed by atoms with van der Waals surface area (Å²) in [5, 5.41) is 7.81. The second-order valence-corrected chi connectivity index (χ2v) is 7.53. The molecule has 5 nitrogen and oxygen atoms in total. The molecule has 1 aromatic carbocycles. The largest absolute Gasteiger partial charge is 0.353 e. The van der Waals surface area contributed by atoms with E-state index in [0.717, 1.165) is 23.5 Å². The van der Waals surface area contributed by atoms with Crippen molar-refractivity contribution in [2.75, 3.05) is 13.6 Å². The van der Waals surface area contributed by atoms with Gasteiger partial charge in [-0.1, -0.05) is 44.4 Å². The van der Waals surface area contributed by atoms with Crippen molar-refractivity contribution in [2.45, 2.75) is 66.0 Å². The zero-order chi connectivity index (χ0) is 19.8. The van der Waals surface area contributed by atoms with Gasteiger partial charge in [0.15, 0.2) is 0 Å². The number of unbranched alkanes of at least 4 members (excludes halogenated alkanes) is 2. The number of nitrogens with zero attached hydrogens (tertiary/aromatic N) is 3. The first kappa shape index (κ1) is 21.2. The third-order valence-electron chi connectivity index (χ3n) is 4.93. The molecule has 2 rings (SSSR count). The normalized spacial score (nSPS) is 12.4. The number of hydrogen-bond acceptors (Lipinski definition) is 3. The van der Waals surface area contributed by atoms with Crippen molar-refractivity contribution < 1.29 is 4.79 Å². The molecule has 1 heterocycles. The van der Waals surface area contributed by atoms with Gasteiger partial charge in [0.05, 0.1) is 17.9 Å². The summed E-state index contributed by atoms with van der Waals surface area (Å²) in [6.45, 7) is 9.51. The minimum absolute atomic E-state index is 0.0901. The van der Waals surface area contributed by atoms with Crippen LogP contribution in [-0.2, 0) is 11.3 Å². The number of carbonyl (C=O) groups excluding carboxylic acids is 1. The van der Waals surface area contributed by atoms with Crippen LogP contribution in [-0.4, -0.2) is 40.2 Å². The molecular weight excluding hydrogens is 336 g/mol. The highest BCUT2D eigenvalue weighted by molar-refractivity contribution is 5.78. The molecule has 1 N–H and O–H groups in total. The number of likely N-dealkylation sites (N-methyl/N-ethyl adjacent to an activating group) is 1. The van der Waals surface area contributed by atoms with Crippen LogP contribution in [0.25, 0.3) is 5.69 Å². The maximum Gasteiger partial charge on any atom is 0.234 e. The van der Waals surface area contributed by atoms with Crippen LogP contribution in [0.15, 0.2) is 30.3 Å². The number of benzene rings is 1. The van der Waals surface area contributed by atoms with Gasteiger partial charge in [-0.3, -0.25) is 9.69 Å². The summed E-state index contributed by atoms with van der Waals surface area (Å²) in [5.41, 5.74) is 4.38. The highest BCUT2D eigenvalue weighted by Crippen LogP contribution is 2.19. The Morgan fingerprint density at radius 2 is 1.93 bits per heavy atom. The number of amides is 1. The van der Waals surface area contributed by atoms with Crippen LogP contribution in [0.4, 0.5) is 0 Å². The van der Waals surface area contributed by atoms with E-state index in [2.05, 4.69) is 43.1 Å². The molecule has 1 unspecified atom stereocenters. The number of carbonyl (C=O) groups is 1. The van der Waals surface area contributed by atoms with E-state index >= 15 is 0 Å². The summed E-state index contributed by atoms with van der Waals surface area (Å²) in [4.78, 5) is 14.4. The van der Waals surface area contributed by atoms with Gasteiger partial charge in [0.1, 0.15) is 0 Å². The lowest BCUT2D eigenvalue weighted by atomic mass is 10.1. The Balaban J connectivity index is 1.93. The molecule has 1 aromatic heterocycles. The number of para-hydroxylation sites is 1. The monoisotopic (exact) mass is 370 g/mol. The molecule has 0 aliphatic carbocycles. The summed E-state index contributed by atoms with van der Waals surface area (Å²) in [5.74, 6) is 0.0901. The summed E-state index contributed by atoms with van der Waals surface area (Å²) in [6.07, 6.45) is 4.65. The van der Waals surface area contributed by atoms with Gasteiger partial charge < -0.3 is 5.32 Å². The average Bonchev–Trinajstić information content (AvgIpc) is 2.90. The first-order chi connectivity index (χ1) is 12.9. The van der Waals surface area contributed by atoms with Crippen molar-refractivity contribution in [3.8, 4) is 5.69 Å². The first-order valence-corrected chi connectivity index (χ1v) is 10.0. The van der Waals surface area contributed by atoms with Gasteiger partial charge >= 0.3 is 0 Å². The smallest absolute Gasteiger partial charge is 0.234 e. The van der Waals surface area contributed by atoms with Crippen LogP contribution in [0.1, 0.15) is 56.5 Å². The molecule has 0 bridgehead atoms. The van der Waals surface area contributed by atoms with E-state index in [1.54, 1.807) is 0 Å². The van der Waals surface area contributed by atoms with Crippen LogP contribution in [0.2, 0.25) is 0 Å². The van der Waals surface area contributed by atoms with Gasteiger partial charge in [-0.15, -0.1) is 0 Å². The van der Waals surface area contributed by atoms with Crippen molar-refractivity contribution >= 4 is 5.91 Å².